The molecule has 1 atom stereocenters. The van der Waals surface area contributed by atoms with Gasteiger partial charge in [0.2, 0.25) is 5.91 Å². The molecule has 122 valence electrons. The summed E-state index contributed by atoms with van der Waals surface area (Å²) in [5.41, 5.74) is 0.512. The van der Waals surface area contributed by atoms with Crippen LogP contribution in [-0.2, 0) is 4.79 Å². The minimum atomic E-state index is -4.50. The van der Waals surface area contributed by atoms with E-state index < -0.39 is 30.7 Å². The van der Waals surface area contributed by atoms with E-state index in [1.165, 1.54) is 0 Å². The summed E-state index contributed by atoms with van der Waals surface area (Å²) in [6.45, 7) is 1.82. The first-order valence-corrected chi connectivity index (χ1v) is 6.66. The molecule has 0 bridgehead atoms. The van der Waals surface area contributed by atoms with Gasteiger partial charge in [-0.05, 0) is 18.1 Å². The van der Waals surface area contributed by atoms with Crippen molar-refractivity contribution < 1.29 is 22.8 Å². The first-order chi connectivity index (χ1) is 10.2. The van der Waals surface area contributed by atoms with Crippen LogP contribution in [0.15, 0.2) is 30.3 Å². The normalized spacial score (nSPS) is 12.6. The van der Waals surface area contributed by atoms with Crippen LogP contribution in [0.2, 0.25) is 0 Å². The fourth-order valence-electron chi connectivity index (χ4n) is 1.66. The first kappa shape index (κ1) is 17.8. The number of hydrogen-bond acceptors (Lipinski definition) is 2. The Hall–Kier alpha value is -2.25. The molecule has 0 spiro atoms. The molecule has 1 rings (SSSR count). The van der Waals surface area contributed by atoms with Gasteiger partial charge < -0.3 is 16.0 Å². The molecule has 0 saturated heterocycles. The number of carbonyl (C=O) groups is 2. The third-order valence-electron chi connectivity index (χ3n) is 2.73. The van der Waals surface area contributed by atoms with Crippen LogP contribution >= 0.6 is 0 Å². The van der Waals surface area contributed by atoms with Gasteiger partial charge in [0.05, 0.1) is 0 Å². The first-order valence-electron chi connectivity index (χ1n) is 6.66. The summed E-state index contributed by atoms with van der Waals surface area (Å²) in [5, 5.41) is 6.64. The molecule has 0 aliphatic carbocycles. The van der Waals surface area contributed by atoms with E-state index >= 15 is 0 Å². The quantitative estimate of drug-likeness (QED) is 0.781. The molecule has 0 saturated carbocycles. The Morgan fingerprint density at radius 3 is 2.23 bits per heavy atom. The van der Waals surface area contributed by atoms with Crippen LogP contribution in [0.5, 0.6) is 0 Å². The van der Waals surface area contributed by atoms with Crippen molar-refractivity contribution in [3.8, 4) is 0 Å². The van der Waals surface area contributed by atoms with Gasteiger partial charge in [0.15, 0.2) is 0 Å². The van der Waals surface area contributed by atoms with Gasteiger partial charge in [0, 0.05) is 5.69 Å². The molecular formula is C14H18F3N3O2. The summed E-state index contributed by atoms with van der Waals surface area (Å²) in [7, 11) is 0. The Kier molecular flexibility index (Phi) is 6.21. The lowest BCUT2D eigenvalue weighted by Gasteiger charge is -2.22. The van der Waals surface area contributed by atoms with E-state index in [1.54, 1.807) is 49.5 Å². The van der Waals surface area contributed by atoms with E-state index in [0.29, 0.717) is 5.69 Å². The predicted octanol–water partition coefficient (Wildman–Crippen LogP) is 2.51. The van der Waals surface area contributed by atoms with Crippen LogP contribution in [-0.4, -0.2) is 30.7 Å². The topological polar surface area (TPSA) is 70.2 Å². The Morgan fingerprint density at radius 2 is 1.73 bits per heavy atom. The molecule has 0 radical (unpaired) electrons. The van der Waals surface area contributed by atoms with Crippen LogP contribution in [0, 0.1) is 5.92 Å². The number of urea groups is 1. The molecule has 0 aromatic heterocycles. The smallest absolute Gasteiger partial charge is 0.345 e. The number of benzene rings is 1. The second kappa shape index (κ2) is 7.67. The Bertz CT molecular complexity index is 504. The van der Waals surface area contributed by atoms with Gasteiger partial charge >= 0.3 is 12.2 Å². The molecule has 22 heavy (non-hydrogen) atoms. The minimum absolute atomic E-state index is 0.366. The lowest BCUT2D eigenvalue weighted by Crippen LogP contribution is -2.52. The maximum atomic E-state index is 12.1. The lowest BCUT2D eigenvalue weighted by atomic mass is 10.0. The van der Waals surface area contributed by atoms with Crippen LogP contribution in [0.4, 0.5) is 23.7 Å². The van der Waals surface area contributed by atoms with Crippen LogP contribution in [0.3, 0.4) is 0 Å². The molecule has 1 aromatic carbocycles. The molecule has 8 heteroatoms. The summed E-state index contributed by atoms with van der Waals surface area (Å²) in [6, 6.07) is 6.77. The van der Waals surface area contributed by atoms with Crippen LogP contribution in [0.25, 0.3) is 0 Å². The number of rotatable bonds is 5. The standard InChI is InChI=1S/C14H18F3N3O2/c1-9(2)11(12(21)18-8-14(15,16)17)20-13(22)19-10-6-4-3-5-7-10/h3-7,9,11H,8H2,1-2H3,(H,18,21)(H2,19,20,22). The van der Waals surface area contributed by atoms with E-state index in [0.717, 1.165) is 0 Å². The zero-order valence-corrected chi connectivity index (χ0v) is 12.2. The summed E-state index contributed by atoms with van der Waals surface area (Å²) in [5.74, 6) is -1.25. The number of alkyl halides is 3. The van der Waals surface area contributed by atoms with Gasteiger partial charge in [-0.3, -0.25) is 4.79 Å². The van der Waals surface area contributed by atoms with Gasteiger partial charge in [-0.15, -0.1) is 0 Å². The number of halogens is 3. The second-order valence-electron chi connectivity index (χ2n) is 5.02. The van der Waals surface area contributed by atoms with Crippen LogP contribution in [0.1, 0.15) is 13.8 Å². The molecule has 3 N–H and O–H groups in total. The lowest BCUT2D eigenvalue weighted by molar-refractivity contribution is -0.140. The van der Waals surface area contributed by atoms with Gasteiger partial charge in [-0.2, -0.15) is 13.2 Å². The highest BCUT2D eigenvalue weighted by atomic mass is 19.4. The maximum absolute atomic E-state index is 12.1. The highest BCUT2D eigenvalue weighted by Gasteiger charge is 2.31. The summed E-state index contributed by atoms with van der Waals surface area (Å²) >= 11 is 0. The van der Waals surface area contributed by atoms with Crippen molar-refractivity contribution >= 4 is 17.6 Å². The third kappa shape index (κ3) is 6.47. The molecule has 5 nitrogen and oxygen atoms in total. The van der Waals surface area contributed by atoms with E-state index in [-0.39, 0.29) is 5.92 Å². The molecule has 1 aromatic rings. The fraction of sp³-hybridized carbons (Fsp3) is 0.429. The average molecular weight is 317 g/mol. The van der Waals surface area contributed by atoms with Crippen molar-refractivity contribution in [3.05, 3.63) is 30.3 Å². The number of hydrogen-bond donors (Lipinski definition) is 3. The molecule has 0 heterocycles. The van der Waals surface area contributed by atoms with E-state index in [2.05, 4.69) is 10.6 Å². The molecule has 0 aliphatic rings. The Balaban J connectivity index is 2.60. The zero-order valence-electron chi connectivity index (χ0n) is 12.2. The molecule has 0 aliphatic heterocycles. The molecular weight excluding hydrogens is 299 g/mol. The predicted molar refractivity (Wildman–Crippen MR) is 76.3 cm³/mol. The average Bonchev–Trinajstić information content (AvgIpc) is 2.42. The fourth-order valence-corrected chi connectivity index (χ4v) is 1.66. The highest BCUT2D eigenvalue weighted by Crippen LogP contribution is 2.13. The van der Waals surface area contributed by atoms with Crippen molar-refractivity contribution in [3.63, 3.8) is 0 Å². The minimum Gasteiger partial charge on any atom is -0.345 e. The maximum Gasteiger partial charge on any atom is 0.405 e. The number of amides is 3. The highest BCUT2D eigenvalue weighted by molar-refractivity contribution is 5.93. The molecule has 0 fully saturated rings. The summed E-state index contributed by atoms with van der Waals surface area (Å²) in [6.07, 6.45) is -4.50. The van der Waals surface area contributed by atoms with E-state index in [4.69, 9.17) is 0 Å². The summed E-state index contributed by atoms with van der Waals surface area (Å²) in [4.78, 5) is 23.6. The largest absolute Gasteiger partial charge is 0.405 e. The van der Waals surface area contributed by atoms with E-state index in [1.807, 2.05) is 0 Å². The number of carbonyl (C=O) groups excluding carboxylic acids is 2. The van der Waals surface area contributed by atoms with E-state index in [9.17, 15) is 22.8 Å². The number of anilines is 1. The third-order valence-corrected chi connectivity index (χ3v) is 2.73. The van der Waals surface area contributed by atoms with Crippen molar-refractivity contribution in [2.75, 3.05) is 11.9 Å². The van der Waals surface area contributed by atoms with Crippen molar-refractivity contribution in [1.82, 2.24) is 10.6 Å². The van der Waals surface area contributed by atoms with Crippen LogP contribution < -0.4 is 16.0 Å². The monoisotopic (exact) mass is 317 g/mol. The van der Waals surface area contributed by atoms with Crippen molar-refractivity contribution in [2.45, 2.75) is 26.1 Å². The Labute approximate surface area is 126 Å². The SMILES string of the molecule is CC(C)C(NC(=O)Nc1ccccc1)C(=O)NCC(F)(F)F. The molecule has 3 amide bonds. The van der Waals surface area contributed by atoms with Gasteiger partial charge in [-0.1, -0.05) is 32.0 Å². The van der Waals surface area contributed by atoms with Crippen molar-refractivity contribution in [1.29, 1.82) is 0 Å². The number of nitrogens with one attached hydrogen (secondary N) is 3. The Morgan fingerprint density at radius 1 is 1.14 bits per heavy atom. The number of para-hydroxylation sites is 1. The zero-order chi connectivity index (χ0) is 16.8. The molecule has 1 unspecified atom stereocenters. The second-order valence-corrected chi connectivity index (χ2v) is 5.02. The van der Waals surface area contributed by atoms with Crippen molar-refractivity contribution in [2.24, 2.45) is 5.92 Å². The van der Waals surface area contributed by atoms with Gasteiger partial charge in [0.25, 0.3) is 0 Å². The van der Waals surface area contributed by atoms with Gasteiger partial charge in [-0.25, -0.2) is 4.79 Å². The summed E-state index contributed by atoms with van der Waals surface area (Å²) < 4.78 is 36.3. The van der Waals surface area contributed by atoms with Gasteiger partial charge in [0.1, 0.15) is 12.6 Å².